The Morgan fingerprint density at radius 2 is 2.50 bits per heavy atom. The van der Waals surface area contributed by atoms with Crippen LogP contribution in [0.5, 0.6) is 0 Å². The van der Waals surface area contributed by atoms with Crippen LogP contribution >= 0.6 is 0 Å². The van der Waals surface area contributed by atoms with E-state index in [-0.39, 0.29) is 0 Å². The van der Waals surface area contributed by atoms with Gasteiger partial charge in [-0.05, 0) is 24.8 Å². The molecule has 1 fully saturated rings. The third kappa shape index (κ3) is 3.80. The topological polar surface area (TPSA) is 59.3 Å². The summed E-state index contributed by atoms with van der Waals surface area (Å²) in [6, 6.07) is 1.86. The number of hydrogen-bond acceptors (Lipinski definition) is 4. The Morgan fingerprint density at radius 3 is 3.22 bits per heavy atom. The van der Waals surface area contributed by atoms with Crippen molar-refractivity contribution < 1.29 is 9.84 Å². The number of nitrogens with one attached hydrogen (secondary N) is 1. The molecule has 1 aliphatic rings. The maximum Gasteiger partial charge on any atom is 0.0860 e. The van der Waals surface area contributed by atoms with Gasteiger partial charge in [0.25, 0.3) is 0 Å². The number of ether oxygens (including phenoxy) is 1. The molecule has 1 aromatic heterocycles. The summed E-state index contributed by atoms with van der Waals surface area (Å²) < 4.78 is 7.39. The molecule has 0 amide bonds. The highest BCUT2D eigenvalue weighted by Crippen LogP contribution is 2.22. The predicted molar refractivity (Wildman–Crippen MR) is 69.2 cm³/mol. The van der Waals surface area contributed by atoms with Crippen LogP contribution in [0.3, 0.4) is 0 Å². The van der Waals surface area contributed by atoms with Crippen molar-refractivity contribution in [3.05, 3.63) is 18.5 Å². The van der Waals surface area contributed by atoms with E-state index in [0.717, 1.165) is 26.0 Å². The van der Waals surface area contributed by atoms with Crippen LogP contribution in [0.2, 0.25) is 0 Å². The molecule has 0 aromatic carbocycles. The van der Waals surface area contributed by atoms with Gasteiger partial charge in [-0.2, -0.15) is 5.10 Å². The number of aliphatic hydroxyl groups excluding tert-OH is 1. The van der Waals surface area contributed by atoms with E-state index in [1.807, 2.05) is 12.3 Å². The summed E-state index contributed by atoms with van der Waals surface area (Å²) >= 11 is 0. The minimum atomic E-state index is -0.396. The van der Waals surface area contributed by atoms with Crippen molar-refractivity contribution in [2.24, 2.45) is 5.92 Å². The standard InChI is InChI=1S/C13H23N3O2/c1-2-13-11(4-7-18-13)8-14-9-12(17)10-16-6-3-5-15-16/h3,5-6,11-14,17H,2,4,7-10H2,1H3. The molecule has 102 valence electrons. The summed E-state index contributed by atoms with van der Waals surface area (Å²) in [5.41, 5.74) is 0. The lowest BCUT2D eigenvalue weighted by Crippen LogP contribution is -2.35. The lowest BCUT2D eigenvalue weighted by atomic mass is 10.00. The molecular formula is C13H23N3O2. The molecule has 3 unspecified atom stereocenters. The maximum atomic E-state index is 9.86. The number of hydrogen-bond donors (Lipinski definition) is 2. The van der Waals surface area contributed by atoms with E-state index < -0.39 is 6.10 Å². The van der Waals surface area contributed by atoms with Gasteiger partial charge in [0.15, 0.2) is 0 Å². The van der Waals surface area contributed by atoms with E-state index in [0.29, 0.717) is 25.1 Å². The monoisotopic (exact) mass is 253 g/mol. The zero-order valence-electron chi connectivity index (χ0n) is 11.0. The lowest BCUT2D eigenvalue weighted by molar-refractivity contribution is 0.0851. The minimum Gasteiger partial charge on any atom is -0.390 e. The van der Waals surface area contributed by atoms with Gasteiger partial charge in [0.2, 0.25) is 0 Å². The third-order valence-electron chi connectivity index (χ3n) is 3.49. The second-order valence-corrected chi connectivity index (χ2v) is 4.91. The largest absolute Gasteiger partial charge is 0.390 e. The van der Waals surface area contributed by atoms with E-state index >= 15 is 0 Å². The van der Waals surface area contributed by atoms with Gasteiger partial charge in [-0.25, -0.2) is 0 Å². The summed E-state index contributed by atoms with van der Waals surface area (Å²) in [7, 11) is 0. The highest BCUT2D eigenvalue weighted by Gasteiger charge is 2.26. The molecule has 1 aromatic rings. The second kappa shape index (κ2) is 6.87. The first-order valence-corrected chi connectivity index (χ1v) is 6.77. The summed E-state index contributed by atoms with van der Waals surface area (Å²) in [5.74, 6) is 0.590. The average molecular weight is 253 g/mol. The smallest absolute Gasteiger partial charge is 0.0860 e. The van der Waals surface area contributed by atoms with Crippen molar-refractivity contribution in [3.8, 4) is 0 Å². The summed E-state index contributed by atoms with van der Waals surface area (Å²) in [6.07, 6.45) is 5.78. The van der Waals surface area contributed by atoms with E-state index in [1.165, 1.54) is 0 Å². The zero-order chi connectivity index (χ0) is 12.8. The molecule has 1 aliphatic heterocycles. The fraction of sp³-hybridized carbons (Fsp3) is 0.769. The second-order valence-electron chi connectivity index (χ2n) is 4.91. The van der Waals surface area contributed by atoms with Crippen molar-refractivity contribution in [1.29, 1.82) is 0 Å². The van der Waals surface area contributed by atoms with Crippen LogP contribution in [-0.4, -0.2) is 46.8 Å². The van der Waals surface area contributed by atoms with Gasteiger partial charge in [0.05, 0.1) is 18.8 Å². The SMILES string of the molecule is CCC1OCCC1CNCC(O)Cn1cccn1. The van der Waals surface area contributed by atoms with E-state index in [1.54, 1.807) is 10.9 Å². The number of nitrogens with zero attached hydrogens (tertiary/aromatic N) is 2. The van der Waals surface area contributed by atoms with Gasteiger partial charge in [-0.15, -0.1) is 0 Å². The van der Waals surface area contributed by atoms with Gasteiger partial charge >= 0.3 is 0 Å². The van der Waals surface area contributed by atoms with Crippen LogP contribution in [0, 0.1) is 5.92 Å². The highest BCUT2D eigenvalue weighted by molar-refractivity contribution is 4.80. The predicted octanol–water partition coefficient (Wildman–Crippen LogP) is 0.649. The van der Waals surface area contributed by atoms with Crippen molar-refractivity contribution in [2.75, 3.05) is 19.7 Å². The van der Waals surface area contributed by atoms with Crippen molar-refractivity contribution in [3.63, 3.8) is 0 Å². The molecule has 1 saturated heterocycles. The van der Waals surface area contributed by atoms with Crippen molar-refractivity contribution in [1.82, 2.24) is 15.1 Å². The molecule has 2 N–H and O–H groups in total. The quantitative estimate of drug-likeness (QED) is 0.749. The Kier molecular flexibility index (Phi) is 5.16. The molecule has 18 heavy (non-hydrogen) atoms. The summed E-state index contributed by atoms with van der Waals surface area (Å²) in [4.78, 5) is 0. The van der Waals surface area contributed by atoms with Crippen LogP contribution in [-0.2, 0) is 11.3 Å². The first-order valence-electron chi connectivity index (χ1n) is 6.77. The molecule has 0 radical (unpaired) electrons. The molecule has 0 bridgehead atoms. The summed E-state index contributed by atoms with van der Waals surface area (Å²) in [6.45, 7) is 5.11. The molecule has 2 heterocycles. The molecule has 0 aliphatic carbocycles. The van der Waals surface area contributed by atoms with Crippen LogP contribution in [0.15, 0.2) is 18.5 Å². The van der Waals surface area contributed by atoms with Gasteiger partial charge in [-0.1, -0.05) is 6.92 Å². The first kappa shape index (κ1) is 13.5. The summed E-state index contributed by atoms with van der Waals surface area (Å²) in [5, 5.41) is 17.3. The van der Waals surface area contributed by atoms with Crippen molar-refractivity contribution >= 4 is 0 Å². The molecule has 5 nitrogen and oxygen atoms in total. The van der Waals surface area contributed by atoms with Crippen LogP contribution in [0.25, 0.3) is 0 Å². The van der Waals surface area contributed by atoms with Gasteiger partial charge in [0.1, 0.15) is 0 Å². The Morgan fingerprint density at radius 1 is 1.61 bits per heavy atom. The molecule has 2 rings (SSSR count). The number of aromatic nitrogens is 2. The first-order chi connectivity index (χ1) is 8.79. The minimum absolute atomic E-state index is 0.390. The molecule has 0 spiro atoms. The molecule has 0 saturated carbocycles. The Bertz CT molecular complexity index is 329. The fourth-order valence-corrected chi connectivity index (χ4v) is 2.50. The Hall–Kier alpha value is -0.910. The highest BCUT2D eigenvalue weighted by atomic mass is 16.5. The molecule has 5 heteroatoms. The van der Waals surface area contributed by atoms with Gasteiger partial charge in [0, 0.05) is 32.1 Å². The fourth-order valence-electron chi connectivity index (χ4n) is 2.50. The average Bonchev–Trinajstić information content (AvgIpc) is 3.00. The van der Waals surface area contributed by atoms with Crippen LogP contribution < -0.4 is 5.32 Å². The van der Waals surface area contributed by atoms with E-state index in [2.05, 4.69) is 17.3 Å². The van der Waals surface area contributed by atoms with Crippen molar-refractivity contribution in [2.45, 2.75) is 38.5 Å². The Labute approximate surface area is 108 Å². The van der Waals surface area contributed by atoms with Crippen LogP contribution in [0.1, 0.15) is 19.8 Å². The molecular weight excluding hydrogens is 230 g/mol. The molecule has 3 atom stereocenters. The normalized spacial score (nSPS) is 25.4. The van der Waals surface area contributed by atoms with Gasteiger partial charge in [-0.3, -0.25) is 4.68 Å². The lowest BCUT2D eigenvalue weighted by Gasteiger charge is -2.18. The third-order valence-corrected chi connectivity index (χ3v) is 3.49. The van der Waals surface area contributed by atoms with E-state index in [9.17, 15) is 5.11 Å². The zero-order valence-corrected chi connectivity index (χ0v) is 11.0. The van der Waals surface area contributed by atoms with E-state index in [4.69, 9.17) is 4.74 Å². The maximum absolute atomic E-state index is 9.86. The van der Waals surface area contributed by atoms with Gasteiger partial charge < -0.3 is 15.2 Å². The number of rotatable bonds is 7. The van der Waals surface area contributed by atoms with Crippen LogP contribution in [0.4, 0.5) is 0 Å². The Balaban J connectivity index is 1.62. The number of aliphatic hydroxyl groups is 1.